The monoisotopic (exact) mass is 326 g/mol. The van der Waals surface area contributed by atoms with Crippen molar-refractivity contribution in [1.82, 2.24) is 0 Å². The van der Waals surface area contributed by atoms with Gasteiger partial charge in [0.25, 0.3) is 0 Å². The van der Waals surface area contributed by atoms with Gasteiger partial charge in [-0.1, -0.05) is 30.3 Å². The van der Waals surface area contributed by atoms with Gasteiger partial charge in [0.2, 0.25) is 5.78 Å². The van der Waals surface area contributed by atoms with E-state index in [1.165, 1.54) is 0 Å². The Morgan fingerprint density at radius 1 is 1.00 bits per heavy atom. The van der Waals surface area contributed by atoms with E-state index in [2.05, 4.69) is 12.5 Å². The summed E-state index contributed by atoms with van der Waals surface area (Å²) < 4.78 is 59.2. The molecule has 0 fully saturated rings. The molecule has 1 aromatic carbocycles. The number of carbonyl (C=O) groups excluding carboxylic acids is 1. The molecule has 0 atom stereocenters. The van der Waals surface area contributed by atoms with Gasteiger partial charge in [0.05, 0.1) is 12.5 Å². The number of carbonyl (C=O) groups is 1. The van der Waals surface area contributed by atoms with Crippen LogP contribution in [0.15, 0.2) is 30.3 Å². The molecule has 0 aromatic heterocycles. The van der Waals surface area contributed by atoms with Crippen LogP contribution in [0.4, 0.5) is 25.2 Å². The molecule has 0 aliphatic carbocycles. The Hall–Kier alpha value is -0.750. The SMILES string of the molecule is C[S+](C)CC(=O)c1ccccc1.F[P-](F)(F)(F)(F)F. The molecule has 0 aliphatic rings. The number of hydrogen-bond acceptors (Lipinski definition) is 1. The third-order valence-corrected chi connectivity index (χ3v) is 2.36. The zero-order valence-electron chi connectivity index (χ0n) is 10.1. The maximum absolute atomic E-state index is 11.5. The fourth-order valence-corrected chi connectivity index (χ4v) is 1.66. The normalized spacial score (nSPS) is 15.0. The van der Waals surface area contributed by atoms with Crippen LogP contribution in [0.5, 0.6) is 0 Å². The van der Waals surface area contributed by atoms with Gasteiger partial charge in [-0.2, -0.15) is 0 Å². The molecule has 0 N–H and O–H groups in total. The fraction of sp³-hybridized carbons (Fsp3) is 0.300. The van der Waals surface area contributed by atoms with E-state index in [0.29, 0.717) is 5.75 Å². The quantitative estimate of drug-likeness (QED) is 0.326. The van der Waals surface area contributed by atoms with E-state index in [4.69, 9.17) is 0 Å². The predicted molar refractivity (Wildman–Crippen MR) is 68.4 cm³/mol. The van der Waals surface area contributed by atoms with Gasteiger partial charge in [-0.15, -0.1) is 0 Å². The molecule has 0 saturated carbocycles. The van der Waals surface area contributed by atoms with Gasteiger partial charge < -0.3 is 0 Å². The topological polar surface area (TPSA) is 17.1 Å². The second-order valence-electron chi connectivity index (χ2n) is 3.88. The number of ketones is 1. The molecule has 112 valence electrons. The van der Waals surface area contributed by atoms with Crippen molar-refractivity contribution in [1.29, 1.82) is 0 Å². The summed E-state index contributed by atoms with van der Waals surface area (Å²) in [5.41, 5.74) is 0.832. The van der Waals surface area contributed by atoms with Crippen molar-refractivity contribution in [3.63, 3.8) is 0 Å². The second-order valence-corrected chi connectivity index (χ2v) is 8.05. The average molecular weight is 326 g/mol. The van der Waals surface area contributed by atoms with Crippen LogP contribution in [0, 0.1) is 0 Å². The Balaban J connectivity index is 0.000000399. The molecular weight excluding hydrogens is 313 g/mol. The molecule has 0 radical (unpaired) electrons. The van der Waals surface area contributed by atoms with Crippen LogP contribution < -0.4 is 0 Å². The summed E-state index contributed by atoms with van der Waals surface area (Å²) in [5.74, 6) is 0.924. The standard InChI is InChI=1S/C10H13OS.F6P/c1-12(2)8-10(11)9-6-4-3-5-7-9;1-7(2,3,4,5)6/h3-7H,8H2,1-2H3;/q+1;-1. The first kappa shape index (κ1) is 18.2. The minimum absolute atomic E-state index is 0.204. The molecular formula is C10H13F6OPS. The van der Waals surface area contributed by atoms with Crippen molar-refractivity contribution in [3.8, 4) is 0 Å². The van der Waals surface area contributed by atoms with E-state index in [-0.39, 0.29) is 16.7 Å². The summed E-state index contributed by atoms with van der Waals surface area (Å²) in [6.45, 7) is 0. The first-order valence-electron chi connectivity index (χ1n) is 4.84. The Labute approximate surface area is 109 Å². The third kappa shape index (κ3) is 17.2. The first-order valence-corrected chi connectivity index (χ1v) is 9.08. The van der Waals surface area contributed by atoms with Crippen molar-refractivity contribution >= 4 is 24.5 Å². The predicted octanol–water partition coefficient (Wildman–Crippen LogP) is 5.13. The summed E-state index contributed by atoms with van der Waals surface area (Å²) in [6, 6.07) is 9.46. The second kappa shape index (κ2) is 5.32. The Bertz CT molecular complexity index is 416. The van der Waals surface area contributed by atoms with E-state index in [0.717, 1.165) is 5.56 Å². The summed E-state index contributed by atoms with van der Waals surface area (Å²) in [5, 5.41) is 0. The van der Waals surface area contributed by atoms with Crippen molar-refractivity contribution < 1.29 is 30.0 Å². The summed E-state index contributed by atoms with van der Waals surface area (Å²) >= 11 is 0. The zero-order valence-corrected chi connectivity index (χ0v) is 11.8. The van der Waals surface area contributed by atoms with Crippen LogP contribution in [0.2, 0.25) is 0 Å². The van der Waals surface area contributed by atoms with Crippen LogP contribution in [0.1, 0.15) is 10.4 Å². The van der Waals surface area contributed by atoms with Crippen LogP contribution >= 0.6 is 7.81 Å². The number of halogens is 6. The summed E-state index contributed by atoms with van der Waals surface area (Å²) in [6.07, 6.45) is 4.17. The molecule has 0 heterocycles. The summed E-state index contributed by atoms with van der Waals surface area (Å²) in [4.78, 5) is 11.5. The van der Waals surface area contributed by atoms with Gasteiger partial charge in [-0.3, -0.25) is 4.79 Å². The van der Waals surface area contributed by atoms with E-state index >= 15 is 0 Å². The molecule has 0 aliphatic heterocycles. The van der Waals surface area contributed by atoms with Crippen LogP contribution in [0.3, 0.4) is 0 Å². The van der Waals surface area contributed by atoms with E-state index in [1.54, 1.807) is 0 Å². The molecule has 0 spiro atoms. The van der Waals surface area contributed by atoms with Crippen molar-refractivity contribution in [2.24, 2.45) is 0 Å². The molecule has 1 rings (SSSR count). The number of benzene rings is 1. The van der Waals surface area contributed by atoms with Gasteiger partial charge in [0.15, 0.2) is 5.75 Å². The number of rotatable bonds is 3. The first-order chi connectivity index (χ1) is 8.15. The molecule has 1 nitrogen and oxygen atoms in total. The minimum atomic E-state index is -10.7. The van der Waals surface area contributed by atoms with E-state index < -0.39 is 7.81 Å². The third-order valence-electron chi connectivity index (χ3n) is 1.52. The molecule has 0 unspecified atom stereocenters. The molecule has 1 aromatic rings. The van der Waals surface area contributed by atoms with Gasteiger partial charge in [0.1, 0.15) is 0 Å². The molecule has 0 amide bonds. The van der Waals surface area contributed by atoms with Gasteiger partial charge in [-0.05, 0) is 10.9 Å². The van der Waals surface area contributed by atoms with Crippen LogP contribution in [-0.2, 0) is 10.9 Å². The zero-order chi connectivity index (χ0) is 15.4. The Kier molecular flexibility index (Phi) is 5.11. The molecule has 0 bridgehead atoms. The van der Waals surface area contributed by atoms with Crippen LogP contribution in [-0.4, -0.2) is 24.0 Å². The number of hydrogen-bond donors (Lipinski definition) is 0. The average Bonchev–Trinajstić information content (AvgIpc) is 2.13. The van der Waals surface area contributed by atoms with Gasteiger partial charge in [-0.25, -0.2) is 0 Å². The van der Waals surface area contributed by atoms with E-state index in [1.807, 2.05) is 30.3 Å². The summed E-state index contributed by atoms with van der Waals surface area (Å²) in [7, 11) is -10.5. The Morgan fingerprint density at radius 3 is 1.68 bits per heavy atom. The van der Waals surface area contributed by atoms with E-state index in [9.17, 15) is 30.0 Å². The molecule has 9 heteroatoms. The van der Waals surface area contributed by atoms with Gasteiger partial charge in [0, 0.05) is 5.56 Å². The van der Waals surface area contributed by atoms with Crippen molar-refractivity contribution in [2.75, 3.05) is 18.3 Å². The molecule has 0 saturated heterocycles. The van der Waals surface area contributed by atoms with Crippen molar-refractivity contribution in [3.05, 3.63) is 35.9 Å². The Morgan fingerprint density at radius 2 is 1.37 bits per heavy atom. The molecule has 19 heavy (non-hydrogen) atoms. The number of Topliss-reactive ketones (excluding diaryl/α,β-unsaturated/α-hetero) is 1. The van der Waals surface area contributed by atoms with Gasteiger partial charge >= 0.3 is 33.0 Å². The fourth-order valence-electron chi connectivity index (χ4n) is 0.970. The van der Waals surface area contributed by atoms with Crippen molar-refractivity contribution in [2.45, 2.75) is 0 Å². The van der Waals surface area contributed by atoms with Crippen LogP contribution in [0.25, 0.3) is 0 Å². The maximum atomic E-state index is 11.5.